The van der Waals surface area contributed by atoms with Crippen LogP contribution in [0.1, 0.15) is 22.8 Å². The van der Waals surface area contributed by atoms with Crippen LogP contribution in [0.5, 0.6) is 0 Å². The summed E-state index contributed by atoms with van der Waals surface area (Å²) < 4.78 is 4.60. The number of nitrogens with one attached hydrogen (secondary N) is 1. The minimum absolute atomic E-state index is 0. The van der Waals surface area contributed by atoms with Gasteiger partial charge in [-0.2, -0.15) is 0 Å². The molecular weight excluding hydrogens is 216 g/mol. The summed E-state index contributed by atoms with van der Waals surface area (Å²) in [6.07, 6.45) is 0.862. The van der Waals surface area contributed by atoms with Crippen LogP contribution in [0.15, 0.2) is 18.2 Å². The van der Waals surface area contributed by atoms with Crippen LogP contribution < -0.4 is 11.3 Å². The van der Waals surface area contributed by atoms with Crippen molar-refractivity contribution in [2.45, 2.75) is 13.3 Å². The molecule has 3 N–H and O–H groups in total. The van der Waals surface area contributed by atoms with Gasteiger partial charge >= 0.3 is 5.97 Å². The maximum Gasteiger partial charge on any atom is 0.337 e. The van der Waals surface area contributed by atoms with Gasteiger partial charge < -0.3 is 10.2 Å². The Morgan fingerprint density at radius 2 is 2.20 bits per heavy atom. The molecule has 0 atom stereocenters. The second-order valence-electron chi connectivity index (χ2n) is 2.86. The van der Waals surface area contributed by atoms with Crippen molar-refractivity contribution >= 4 is 24.1 Å². The van der Waals surface area contributed by atoms with Gasteiger partial charge in [0.15, 0.2) is 0 Å². The van der Waals surface area contributed by atoms with E-state index in [0.717, 1.165) is 17.7 Å². The zero-order chi connectivity index (χ0) is 10.6. The van der Waals surface area contributed by atoms with Gasteiger partial charge in [-0.25, -0.2) is 4.79 Å². The quantitative estimate of drug-likeness (QED) is 0.472. The molecule has 0 heterocycles. The highest BCUT2D eigenvalue weighted by Crippen LogP contribution is 2.17. The first-order valence-electron chi connectivity index (χ1n) is 4.40. The molecule has 1 rings (SSSR count). The highest BCUT2D eigenvalue weighted by molar-refractivity contribution is 5.90. The van der Waals surface area contributed by atoms with Gasteiger partial charge in [0.1, 0.15) is 0 Å². The number of esters is 1. The van der Waals surface area contributed by atoms with Gasteiger partial charge in [0, 0.05) is 0 Å². The van der Waals surface area contributed by atoms with Crippen molar-refractivity contribution in [1.82, 2.24) is 0 Å². The first-order chi connectivity index (χ1) is 6.72. The summed E-state index contributed by atoms with van der Waals surface area (Å²) in [7, 11) is 1.35. The van der Waals surface area contributed by atoms with E-state index >= 15 is 0 Å². The number of hydrogen-bond acceptors (Lipinski definition) is 4. The summed E-state index contributed by atoms with van der Waals surface area (Å²) in [6.45, 7) is 2.02. The van der Waals surface area contributed by atoms with Crippen LogP contribution in [0.25, 0.3) is 0 Å². The predicted molar refractivity (Wildman–Crippen MR) is 62.2 cm³/mol. The number of benzene rings is 1. The number of carbonyl (C=O) groups is 1. The zero-order valence-corrected chi connectivity index (χ0v) is 9.56. The number of hydrogen-bond donors (Lipinski definition) is 2. The molecule has 0 saturated carbocycles. The van der Waals surface area contributed by atoms with Crippen molar-refractivity contribution in [3.8, 4) is 0 Å². The highest BCUT2D eigenvalue weighted by Gasteiger charge is 2.07. The Balaban J connectivity index is 0.00000196. The first kappa shape index (κ1) is 13.7. The fourth-order valence-electron chi connectivity index (χ4n) is 1.26. The molecule has 0 bridgehead atoms. The van der Waals surface area contributed by atoms with Crippen molar-refractivity contribution in [2.24, 2.45) is 5.84 Å². The normalized spacial score (nSPS) is 9.00. The fraction of sp³-hybridized carbons (Fsp3) is 0.300. The Hall–Kier alpha value is -1.26. The Bertz CT molecular complexity index is 342. The van der Waals surface area contributed by atoms with E-state index in [1.807, 2.05) is 13.0 Å². The van der Waals surface area contributed by atoms with Crippen molar-refractivity contribution in [1.29, 1.82) is 0 Å². The Kier molecular flexibility index (Phi) is 5.74. The van der Waals surface area contributed by atoms with E-state index < -0.39 is 0 Å². The smallest absolute Gasteiger partial charge is 0.337 e. The maximum absolute atomic E-state index is 11.2. The number of nitrogen functional groups attached to an aromatic ring is 1. The van der Waals surface area contributed by atoms with Gasteiger partial charge in [-0.1, -0.05) is 13.0 Å². The van der Waals surface area contributed by atoms with Gasteiger partial charge in [0.25, 0.3) is 0 Å². The number of methoxy groups -OCH3 is 1. The summed E-state index contributed by atoms with van der Waals surface area (Å²) in [5, 5.41) is 0. The highest BCUT2D eigenvalue weighted by atomic mass is 35.5. The Morgan fingerprint density at radius 1 is 1.53 bits per heavy atom. The minimum Gasteiger partial charge on any atom is -0.465 e. The lowest BCUT2D eigenvalue weighted by atomic mass is 10.1. The molecule has 4 nitrogen and oxygen atoms in total. The molecule has 1 aromatic rings. The lowest BCUT2D eigenvalue weighted by Gasteiger charge is -2.08. The largest absolute Gasteiger partial charge is 0.465 e. The van der Waals surface area contributed by atoms with Crippen LogP contribution in [-0.4, -0.2) is 13.1 Å². The third-order valence-corrected chi connectivity index (χ3v) is 2.07. The van der Waals surface area contributed by atoms with Crippen molar-refractivity contribution in [3.63, 3.8) is 0 Å². The summed E-state index contributed by atoms with van der Waals surface area (Å²) in [5.74, 6) is 4.98. The predicted octanol–water partition coefficient (Wildman–Crippen LogP) is 1.74. The van der Waals surface area contributed by atoms with Crippen LogP contribution in [-0.2, 0) is 11.2 Å². The molecular formula is C10H15ClN2O2. The third-order valence-electron chi connectivity index (χ3n) is 2.07. The number of anilines is 1. The second kappa shape index (κ2) is 6.27. The molecule has 15 heavy (non-hydrogen) atoms. The number of halogens is 1. The number of carbonyl (C=O) groups excluding carboxylic acids is 1. The van der Waals surface area contributed by atoms with Crippen LogP contribution in [0.2, 0.25) is 0 Å². The molecule has 0 amide bonds. The average Bonchev–Trinajstić information content (AvgIpc) is 2.26. The van der Waals surface area contributed by atoms with Gasteiger partial charge in [0.05, 0.1) is 18.4 Å². The first-order valence-corrected chi connectivity index (χ1v) is 4.40. The lowest BCUT2D eigenvalue weighted by molar-refractivity contribution is 0.0601. The number of rotatable bonds is 3. The van der Waals surface area contributed by atoms with E-state index in [-0.39, 0.29) is 18.4 Å². The van der Waals surface area contributed by atoms with E-state index in [9.17, 15) is 4.79 Å². The van der Waals surface area contributed by atoms with Crippen molar-refractivity contribution in [2.75, 3.05) is 12.5 Å². The number of aryl methyl sites for hydroxylation is 1. The molecule has 0 fully saturated rings. The molecule has 84 valence electrons. The zero-order valence-electron chi connectivity index (χ0n) is 8.74. The number of ether oxygens (including phenoxy) is 1. The molecule has 5 heteroatoms. The van der Waals surface area contributed by atoms with E-state index in [0.29, 0.717) is 5.56 Å². The third kappa shape index (κ3) is 3.11. The molecule has 0 spiro atoms. The molecule has 0 aliphatic heterocycles. The lowest BCUT2D eigenvalue weighted by Crippen LogP contribution is -2.11. The van der Waals surface area contributed by atoms with E-state index in [2.05, 4.69) is 10.2 Å². The summed E-state index contributed by atoms with van der Waals surface area (Å²) in [5.41, 5.74) is 4.89. The molecule has 0 aliphatic carbocycles. The Morgan fingerprint density at radius 3 is 2.67 bits per heavy atom. The SMILES string of the molecule is CCc1ccc(C(=O)OC)cc1NN.Cl. The van der Waals surface area contributed by atoms with Gasteiger partial charge in [-0.15, -0.1) is 12.4 Å². The topological polar surface area (TPSA) is 64.3 Å². The number of nitrogens with two attached hydrogens (primary N) is 1. The van der Waals surface area contributed by atoms with Gasteiger partial charge in [-0.3, -0.25) is 5.84 Å². The van der Waals surface area contributed by atoms with Crippen LogP contribution in [0.4, 0.5) is 5.69 Å². The maximum atomic E-state index is 11.2. The molecule has 0 aromatic heterocycles. The average molecular weight is 231 g/mol. The molecule has 0 radical (unpaired) electrons. The summed E-state index contributed by atoms with van der Waals surface area (Å²) >= 11 is 0. The molecule has 0 aliphatic rings. The van der Waals surface area contributed by atoms with Gasteiger partial charge in [-0.05, 0) is 24.1 Å². The van der Waals surface area contributed by atoms with Crippen LogP contribution in [0, 0.1) is 0 Å². The summed E-state index contributed by atoms with van der Waals surface area (Å²) in [6, 6.07) is 5.28. The van der Waals surface area contributed by atoms with E-state index in [4.69, 9.17) is 5.84 Å². The summed E-state index contributed by atoms with van der Waals surface area (Å²) in [4.78, 5) is 11.2. The molecule has 0 saturated heterocycles. The van der Waals surface area contributed by atoms with E-state index in [1.54, 1.807) is 12.1 Å². The Labute approximate surface area is 95.2 Å². The molecule has 0 unspecified atom stereocenters. The van der Waals surface area contributed by atoms with Crippen LogP contribution in [0.3, 0.4) is 0 Å². The standard InChI is InChI=1S/C10H14N2O2.ClH/c1-3-7-4-5-8(10(13)14-2)6-9(7)12-11;/h4-6,12H,3,11H2,1-2H3;1H. The van der Waals surface area contributed by atoms with E-state index in [1.165, 1.54) is 7.11 Å². The minimum atomic E-state index is -0.357. The van der Waals surface area contributed by atoms with Crippen molar-refractivity contribution < 1.29 is 9.53 Å². The molecule has 1 aromatic carbocycles. The van der Waals surface area contributed by atoms with Crippen molar-refractivity contribution in [3.05, 3.63) is 29.3 Å². The van der Waals surface area contributed by atoms with Crippen LogP contribution >= 0.6 is 12.4 Å². The monoisotopic (exact) mass is 230 g/mol. The second-order valence-corrected chi connectivity index (χ2v) is 2.86. The van der Waals surface area contributed by atoms with Gasteiger partial charge in [0.2, 0.25) is 0 Å². The fourth-order valence-corrected chi connectivity index (χ4v) is 1.26. The number of hydrazine groups is 1.